The van der Waals surface area contributed by atoms with E-state index < -0.39 is 0 Å². The predicted octanol–water partition coefficient (Wildman–Crippen LogP) is 2.65. The molecule has 3 heteroatoms. The Morgan fingerprint density at radius 3 is 3.11 bits per heavy atom. The summed E-state index contributed by atoms with van der Waals surface area (Å²) in [5.74, 6) is 0.795. The van der Waals surface area contributed by atoms with Crippen molar-refractivity contribution < 1.29 is 4.79 Å². The van der Waals surface area contributed by atoms with Crippen molar-refractivity contribution in [2.45, 2.75) is 19.8 Å². The van der Waals surface area contributed by atoms with Gasteiger partial charge in [0.2, 0.25) is 5.91 Å². The zero-order chi connectivity index (χ0) is 13.2. The monoisotopic (exact) mass is 254 g/mol. The smallest absolute Gasteiger partial charge is 0.219 e. The van der Waals surface area contributed by atoms with Crippen molar-refractivity contribution in [1.82, 2.24) is 9.88 Å². The van der Waals surface area contributed by atoms with Crippen LogP contribution in [-0.4, -0.2) is 28.9 Å². The molecule has 1 aromatic heterocycles. The van der Waals surface area contributed by atoms with E-state index in [9.17, 15) is 4.79 Å². The molecule has 1 atom stereocenters. The molecule has 0 N–H and O–H groups in total. The Morgan fingerprint density at radius 2 is 2.32 bits per heavy atom. The first-order chi connectivity index (χ1) is 9.22. The molecular weight excluding hydrogens is 236 g/mol. The molecule has 1 aromatic carbocycles. The molecule has 1 unspecified atom stereocenters. The molecule has 3 rings (SSSR count). The molecule has 0 spiro atoms. The van der Waals surface area contributed by atoms with Crippen LogP contribution in [0, 0.1) is 5.92 Å². The third-order valence-corrected chi connectivity index (χ3v) is 3.92. The number of likely N-dealkylation sites (tertiary alicyclic amines) is 1. The maximum atomic E-state index is 11.3. The number of hydrogen-bond donors (Lipinski definition) is 0. The van der Waals surface area contributed by atoms with Crippen LogP contribution in [0.15, 0.2) is 36.5 Å². The summed E-state index contributed by atoms with van der Waals surface area (Å²) in [5, 5.41) is 1.20. The minimum Gasteiger partial charge on any atom is -0.343 e. The van der Waals surface area contributed by atoms with Crippen molar-refractivity contribution in [2.75, 3.05) is 13.1 Å². The average Bonchev–Trinajstić information content (AvgIpc) is 2.87. The lowest BCUT2D eigenvalue weighted by Gasteiger charge is -2.14. The molecule has 0 radical (unpaired) electrons. The Bertz CT molecular complexity index is 608. The number of benzene rings is 1. The van der Waals surface area contributed by atoms with E-state index in [2.05, 4.69) is 29.2 Å². The van der Waals surface area contributed by atoms with E-state index in [1.807, 2.05) is 17.2 Å². The van der Waals surface area contributed by atoms with Gasteiger partial charge in [0.1, 0.15) is 0 Å². The first kappa shape index (κ1) is 12.2. The van der Waals surface area contributed by atoms with Gasteiger partial charge in [0, 0.05) is 31.6 Å². The molecular formula is C16H18N2O. The molecule has 1 aliphatic heterocycles. The van der Waals surface area contributed by atoms with Crippen LogP contribution in [0.5, 0.6) is 0 Å². The van der Waals surface area contributed by atoms with Gasteiger partial charge >= 0.3 is 0 Å². The molecule has 98 valence electrons. The van der Waals surface area contributed by atoms with Gasteiger partial charge in [-0.05, 0) is 42.5 Å². The number of rotatable bonds is 2. The number of nitrogens with zero attached hydrogens (tertiary/aromatic N) is 2. The number of amides is 1. The van der Waals surface area contributed by atoms with E-state index in [0.29, 0.717) is 5.92 Å². The Labute approximate surface area is 113 Å². The van der Waals surface area contributed by atoms with Gasteiger partial charge in [-0.15, -0.1) is 0 Å². The highest BCUT2D eigenvalue weighted by molar-refractivity contribution is 5.78. The van der Waals surface area contributed by atoms with E-state index in [1.54, 1.807) is 6.92 Å². The van der Waals surface area contributed by atoms with Gasteiger partial charge in [0.25, 0.3) is 0 Å². The van der Waals surface area contributed by atoms with Crippen molar-refractivity contribution in [3.63, 3.8) is 0 Å². The van der Waals surface area contributed by atoms with Crippen LogP contribution in [0.3, 0.4) is 0 Å². The molecule has 1 fully saturated rings. The number of aromatic nitrogens is 1. The Hall–Kier alpha value is -1.90. The summed E-state index contributed by atoms with van der Waals surface area (Å²) >= 11 is 0. The number of fused-ring (bicyclic) bond motifs is 1. The summed E-state index contributed by atoms with van der Waals surface area (Å²) in [6, 6.07) is 10.5. The second-order valence-corrected chi connectivity index (χ2v) is 5.35. The lowest BCUT2D eigenvalue weighted by atomic mass is 9.97. The topological polar surface area (TPSA) is 33.2 Å². The van der Waals surface area contributed by atoms with E-state index in [1.165, 1.54) is 10.9 Å². The van der Waals surface area contributed by atoms with Crippen LogP contribution in [-0.2, 0) is 11.2 Å². The summed E-state index contributed by atoms with van der Waals surface area (Å²) in [5.41, 5.74) is 2.39. The van der Waals surface area contributed by atoms with Gasteiger partial charge in [-0.1, -0.05) is 12.1 Å². The fourth-order valence-corrected chi connectivity index (χ4v) is 2.87. The number of hydrogen-bond acceptors (Lipinski definition) is 2. The second-order valence-electron chi connectivity index (χ2n) is 5.35. The van der Waals surface area contributed by atoms with Crippen LogP contribution in [0.2, 0.25) is 0 Å². The maximum Gasteiger partial charge on any atom is 0.219 e. The average molecular weight is 254 g/mol. The molecule has 3 nitrogen and oxygen atoms in total. The summed E-state index contributed by atoms with van der Waals surface area (Å²) in [6.07, 6.45) is 3.99. The molecule has 2 heterocycles. The Morgan fingerprint density at radius 1 is 1.42 bits per heavy atom. The number of carbonyl (C=O) groups excluding carboxylic acids is 1. The highest BCUT2D eigenvalue weighted by Crippen LogP contribution is 2.22. The Balaban J connectivity index is 1.73. The van der Waals surface area contributed by atoms with E-state index >= 15 is 0 Å². The highest BCUT2D eigenvalue weighted by Gasteiger charge is 2.24. The standard InChI is InChI=1S/C16H18N2O/c1-12(19)18-8-6-14(11-18)9-13-4-5-16-15(10-13)3-2-7-17-16/h2-5,7,10,14H,6,8-9,11H2,1H3. The normalized spacial score (nSPS) is 19.0. The van der Waals surface area contributed by atoms with Crippen LogP contribution in [0.25, 0.3) is 10.9 Å². The predicted molar refractivity (Wildman–Crippen MR) is 75.8 cm³/mol. The summed E-state index contributed by atoms with van der Waals surface area (Å²) in [4.78, 5) is 17.6. The molecule has 19 heavy (non-hydrogen) atoms. The summed E-state index contributed by atoms with van der Waals surface area (Å²) in [7, 11) is 0. The van der Waals surface area contributed by atoms with Gasteiger partial charge in [-0.3, -0.25) is 9.78 Å². The summed E-state index contributed by atoms with van der Waals surface area (Å²) in [6.45, 7) is 3.47. The van der Waals surface area contributed by atoms with Gasteiger partial charge in [-0.2, -0.15) is 0 Å². The SMILES string of the molecule is CC(=O)N1CCC(Cc2ccc3ncccc3c2)C1. The lowest BCUT2D eigenvalue weighted by molar-refractivity contribution is -0.127. The van der Waals surface area contributed by atoms with Crippen molar-refractivity contribution in [1.29, 1.82) is 0 Å². The minimum absolute atomic E-state index is 0.199. The van der Waals surface area contributed by atoms with Crippen LogP contribution in [0.4, 0.5) is 0 Å². The van der Waals surface area contributed by atoms with Crippen molar-refractivity contribution >= 4 is 16.8 Å². The number of pyridine rings is 1. The lowest BCUT2D eigenvalue weighted by Crippen LogP contribution is -2.26. The first-order valence-corrected chi connectivity index (χ1v) is 6.81. The molecule has 1 saturated heterocycles. The van der Waals surface area contributed by atoms with Crippen LogP contribution in [0.1, 0.15) is 18.9 Å². The van der Waals surface area contributed by atoms with E-state index in [0.717, 1.165) is 31.4 Å². The Kier molecular flexibility index (Phi) is 3.20. The largest absolute Gasteiger partial charge is 0.343 e. The van der Waals surface area contributed by atoms with Gasteiger partial charge in [-0.25, -0.2) is 0 Å². The van der Waals surface area contributed by atoms with Crippen LogP contribution < -0.4 is 0 Å². The van der Waals surface area contributed by atoms with Gasteiger partial charge < -0.3 is 4.90 Å². The van der Waals surface area contributed by atoms with E-state index in [-0.39, 0.29) is 5.91 Å². The fraction of sp³-hybridized carbons (Fsp3) is 0.375. The molecule has 0 bridgehead atoms. The quantitative estimate of drug-likeness (QED) is 0.825. The second kappa shape index (κ2) is 5.00. The van der Waals surface area contributed by atoms with Gasteiger partial charge in [0.05, 0.1) is 5.52 Å². The van der Waals surface area contributed by atoms with Crippen LogP contribution >= 0.6 is 0 Å². The summed E-state index contributed by atoms with van der Waals surface area (Å²) < 4.78 is 0. The maximum absolute atomic E-state index is 11.3. The first-order valence-electron chi connectivity index (χ1n) is 6.81. The molecule has 0 saturated carbocycles. The fourth-order valence-electron chi connectivity index (χ4n) is 2.87. The van der Waals surface area contributed by atoms with Crippen molar-refractivity contribution in [3.05, 3.63) is 42.1 Å². The highest BCUT2D eigenvalue weighted by atomic mass is 16.2. The van der Waals surface area contributed by atoms with E-state index in [4.69, 9.17) is 0 Å². The third kappa shape index (κ3) is 2.60. The zero-order valence-corrected chi connectivity index (χ0v) is 11.2. The molecule has 1 amide bonds. The molecule has 0 aliphatic carbocycles. The minimum atomic E-state index is 0.199. The number of carbonyl (C=O) groups is 1. The zero-order valence-electron chi connectivity index (χ0n) is 11.2. The van der Waals surface area contributed by atoms with Gasteiger partial charge in [0.15, 0.2) is 0 Å². The third-order valence-electron chi connectivity index (χ3n) is 3.92. The molecule has 2 aromatic rings. The van der Waals surface area contributed by atoms with Crippen molar-refractivity contribution in [2.24, 2.45) is 5.92 Å². The molecule has 1 aliphatic rings. The van der Waals surface area contributed by atoms with Crippen molar-refractivity contribution in [3.8, 4) is 0 Å².